The van der Waals surface area contributed by atoms with Crippen LogP contribution in [0.1, 0.15) is 5.76 Å². The smallest absolute Gasteiger partial charge is 0.316 e. The fourth-order valence-corrected chi connectivity index (χ4v) is 2.48. The molecule has 2 N–H and O–H groups in total. The number of anilines is 2. The summed E-state index contributed by atoms with van der Waals surface area (Å²) in [6.07, 6.45) is 0. The number of thioether (sulfide) groups is 1. The van der Waals surface area contributed by atoms with Crippen LogP contribution in [0.5, 0.6) is 0 Å². The zero-order valence-corrected chi connectivity index (χ0v) is 15.4. The van der Waals surface area contributed by atoms with Crippen molar-refractivity contribution in [3.8, 4) is 0 Å². The summed E-state index contributed by atoms with van der Waals surface area (Å²) in [4.78, 5) is 34.9. The summed E-state index contributed by atoms with van der Waals surface area (Å²) in [5, 5.41) is 9.27. The van der Waals surface area contributed by atoms with Crippen LogP contribution >= 0.6 is 23.4 Å². The molecule has 10 heteroatoms. The highest BCUT2D eigenvalue weighted by atomic mass is 35.5. The number of benzene rings is 1. The molecule has 2 amide bonds. The molecule has 0 aliphatic carbocycles. The van der Waals surface area contributed by atoms with Gasteiger partial charge < -0.3 is 19.9 Å². The van der Waals surface area contributed by atoms with E-state index in [0.717, 1.165) is 11.8 Å². The molecule has 2 aromatic rings. The average molecular weight is 398 g/mol. The van der Waals surface area contributed by atoms with Gasteiger partial charge in [-0.05, 0) is 31.2 Å². The quantitative estimate of drug-likeness (QED) is 0.658. The minimum Gasteiger partial charge on any atom is -0.455 e. The van der Waals surface area contributed by atoms with Crippen LogP contribution in [-0.4, -0.2) is 41.1 Å². The molecule has 0 aliphatic heterocycles. The number of carbonyl (C=O) groups is 3. The first-order valence-electron chi connectivity index (χ1n) is 7.44. The highest BCUT2D eigenvalue weighted by Crippen LogP contribution is 2.13. The maximum Gasteiger partial charge on any atom is 0.316 e. The van der Waals surface area contributed by atoms with Crippen molar-refractivity contribution < 1.29 is 23.6 Å². The lowest BCUT2D eigenvalue weighted by atomic mass is 10.3. The lowest BCUT2D eigenvalue weighted by Gasteiger charge is -2.06. The summed E-state index contributed by atoms with van der Waals surface area (Å²) >= 11 is 6.81. The molecule has 0 aliphatic rings. The van der Waals surface area contributed by atoms with Crippen LogP contribution in [0.3, 0.4) is 0 Å². The standard InChI is InChI=1S/C16H16ClN3O5S/c1-10-6-13(20-25-10)19-15(22)8-26-9-16(23)24-7-14(21)18-12-4-2-11(17)3-5-12/h2-6H,7-9H2,1H3,(H,18,21)(H,19,20,22). The summed E-state index contributed by atoms with van der Waals surface area (Å²) in [7, 11) is 0. The van der Waals surface area contributed by atoms with Gasteiger partial charge in [0.05, 0.1) is 11.5 Å². The van der Waals surface area contributed by atoms with Crippen molar-refractivity contribution >= 4 is 52.7 Å². The summed E-state index contributed by atoms with van der Waals surface area (Å²) in [6, 6.07) is 8.10. The number of nitrogens with one attached hydrogen (secondary N) is 2. The van der Waals surface area contributed by atoms with E-state index in [9.17, 15) is 14.4 Å². The Balaban J connectivity index is 1.60. The zero-order chi connectivity index (χ0) is 18.9. The molecule has 1 heterocycles. The van der Waals surface area contributed by atoms with Crippen LogP contribution in [0.15, 0.2) is 34.9 Å². The molecule has 0 spiro atoms. The van der Waals surface area contributed by atoms with Crippen LogP contribution in [-0.2, 0) is 19.1 Å². The Morgan fingerprint density at radius 1 is 1.15 bits per heavy atom. The van der Waals surface area contributed by atoms with Crippen molar-refractivity contribution in [3.63, 3.8) is 0 Å². The normalized spacial score (nSPS) is 10.2. The van der Waals surface area contributed by atoms with Crippen molar-refractivity contribution in [2.75, 3.05) is 28.7 Å². The second kappa shape index (κ2) is 9.83. The minimum atomic E-state index is -0.591. The fraction of sp³-hybridized carbons (Fsp3) is 0.250. The first-order chi connectivity index (χ1) is 12.4. The number of ether oxygens (including phenoxy) is 1. The van der Waals surface area contributed by atoms with Gasteiger partial charge in [-0.15, -0.1) is 11.8 Å². The van der Waals surface area contributed by atoms with E-state index in [1.165, 1.54) is 0 Å². The number of aromatic nitrogens is 1. The largest absolute Gasteiger partial charge is 0.455 e. The predicted molar refractivity (Wildman–Crippen MR) is 98.2 cm³/mol. The van der Waals surface area contributed by atoms with Crippen molar-refractivity contribution in [3.05, 3.63) is 41.1 Å². The van der Waals surface area contributed by atoms with Gasteiger partial charge in [0, 0.05) is 16.8 Å². The van der Waals surface area contributed by atoms with Gasteiger partial charge in [0.1, 0.15) is 5.76 Å². The first-order valence-corrected chi connectivity index (χ1v) is 8.97. The van der Waals surface area contributed by atoms with E-state index in [2.05, 4.69) is 15.8 Å². The topological polar surface area (TPSA) is 111 Å². The lowest BCUT2D eigenvalue weighted by Crippen LogP contribution is -2.22. The van der Waals surface area contributed by atoms with Crippen molar-refractivity contribution in [2.24, 2.45) is 0 Å². The Kier molecular flexibility index (Phi) is 7.49. The molecule has 2 rings (SSSR count). The molecule has 0 atom stereocenters. The highest BCUT2D eigenvalue weighted by molar-refractivity contribution is 8.00. The zero-order valence-electron chi connectivity index (χ0n) is 13.8. The Labute approximate surface area is 158 Å². The van der Waals surface area contributed by atoms with Crippen molar-refractivity contribution in [1.29, 1.82) is 0 Å². The molecule has 0 bridgehead atoms. The molecule has 1 aromatic carbocycles. The Morgan fingerprint density at radius 3 is 2.54 bits per heavy atom. The van der Waals surface area contributed by atoms with Gasteiger partial charge in [-0.1, -0.05) is 16.8 Å². The number of halogens is 1. The fourth-order valence-electron chi connectivity index (χ4n) is 1.75. The van der Waals surface area contributed by atoms with Crippen LogP contribution in [0, 0.1) is 6.92 Å². The van der Waals surface area contributed by atoms with E-state index in [0.29, 0.717) is 22.3 Å². The molecule has 138 valence electrons. The molecular weight excluding hydrogens is 382 g/mol. The van der Waals surface area contributed by atoms with Crippen LogP contribution < -0.4 is 10.6 Å². The Hall–Kier alpha value is -2.52. The third kappa shape index (κ3) is 7.16. The van der Waals surface area contributed by atoms with E-state index in [-0.39, 0.29) is 17.4 Å². The van der Waals surface area contributed by atoms with Gasteiger partial charge in [0.15, 0.2) is 12.4 Å². The molecule has 0 saturated carbocycles. The van der Waals surface area contributed by atoms with E-state index in [1.54, 1.807) is 37.3 Å². The second-order valence-electron chi connectivity index (χ2n) is 5.08. The number of esters is 1. The van der Waals surface area contributed by atoms with Crippen LogP contribution in [0.25, 0.3) is 0 Å². The molecule has 0 radical (unpaired) electrons. The summed E-state index contributed by atoms with van der Waals surface area (Å²) in [5.74, 6) is -0.507. The van der Waals surface area contributed by atoms with Gasteiger partial charge in [0.2, 0.25) is 5.91 Å². The van der Waals surface area contributed by atoms with Crippen LogP contribution in [0.2, 0.25) is 5.02 Å². The number of aryl methyl sites for hydroxylation is 1. The molecular formula is C16H16ClN3O5S. The molecule has 8 nitrogen and oxygen atoms in total. The van der Waals surface area contributed by atoms with E-state index >= 15 is 0 Å². The number of amides is 2. The SMILES string of the molecule is Cc1cc(NC(=O)CSCC(=O)OCC(=O)Nc2ccc(Cl)cc2)no1. The minimum absolute atomic E-state index is 0.0397. The van der Waals surface area contributed by atoms with Gasteiger partial charge in [-0.2, -0.15) is 0 Å². The third-order valence-corrected chi connectivity index (χ3v) is 4.00. The Bertz CT molecular complexity index is 778. The monoisotopic (exact) mass is 397 g/mol. The molecule has 1 aromatic heterocycles. The molecule has 26 heavy (non-hydrogen) atoms. The van der Waals surface area contributed by atoms with Crippen LogP contribution in [0.4, 0.5) is 11.5 Å². The number of carbonyl (C=O) groups excluding carboxylic acids is 3. The molecule has 0 fully saturated rings. The van der Waals surface area contributed by atoms with E-state index < -0.39 is 18.5 Å². The third-order valence-electron chi connectivity index (χ3n) is 2.84. The maximum atomic E-state index is 11.7. The van der Waals surface area contributed by atoms with Gasteiger partial charge in [-0.3, -0.25) is 14.4 Å². The first kappa shape index (κ1) is 19.8. The number of hydrogen-bond acceptors (Lipinski definition) is 7. The highest BCUT2D eigenvalue weighted by Gasteiger charge is 2.11. The second-order valence-corrected chi connectivity index (χ2v) is 6.50. The summed E-state index contributed by atoms with van der Waals surface area (Å²) in [6.45, 7) is 1.29. The predicted octanol–water partition coefficient (Wildman–Crippen LogP) is 2.49. The summed E-state index contributed by atoms with van der Waals surface area (Å²) in [5.41, 5.74) is 0.546. The summed E-state index contributed by atoms with van der Waals surface area (Å²) < 4.78 is 9.67. The van der Waals surface area contributed by atoms with E-state index in [4.69, 9.17) is 20.9 Å². The van der Waals surface area contributed by atoms with Gasteiger partial charge in [-0.25, -0.2) is 0 Å². The Morgan fingerprint density at radius 2 is 1.88 bits per heavy atom. The number of rotatable bonds is 8. The average Bonchev–Trinajstić information content (AvgIpc) is 3.00. The number of hydrogen-bond donors (Lipinski definition) is 2. The van der Waals surface area contributed by atoms with Gasteiger partial charge >= 0.3 is 5.97 Å². The van der Waals surface area contributed by atoms with Crippen molar-refractivity contribution in [2.45, 2.75) is 6.92 Å². The van der Waals surface area contributed by atoms with Crippen molar-refractivity contribution in [1.82, 2.24) is 5.16 Å². The number of nitrogens with zero attached hydrogens (tertiary/aromatic N) is 1. The molecule has 0 unspecified atom stereocenters. The van der Waals surface area contributed by atoms with E-state index in [1.807, 2.05) is 0 Å². The maximum absolute atomic E-state index is 11.7. The molecule has 0 saturated heterocycles. The van der Waals surface area contributed by atoms with Gasteiger partial charge in [0.25, 0.3) is 5.91 Å². The lowest BCUT2D eigenvalue weighted by molar-refractivity contribution is -0.144.